The number of hydrogen-bond donors (Lipinski definition) is 1. The molecule has 0 radical (unpaired) electrons. The van der Waals surface area contributed by atoms with Crippen LogP contribution in [0, 0.1) is 5.82 Å². The van der Waals surface area contributed by atoms with E-state index in [1.165, 1.54) is 6.07 Å². The van der Waals surface area contributed by atoms with Gasteiger partial charge in [-0.1, -0.05) is 24.3 Å². The van der Waals surface area contributed by atoms with Crippen LogP contribution in [0.4, 0.5) is 4.39 Å². The molecule has 1 N–H and O–H groups in total. The van der Waals surface area contributed by atoms with E-state index in [4.69, 9.17) is 0 Å². The number of aromatic nitrogens is 1. The topological polar surface area (TPSA) is 53.4 Å². The molecule has 1 aromatic carbocycles. The predicted molar refractivity (Wildman–Crippen MR) is 93.4 cm³/mol. The largest absolute Gasteiger partial charge is 0.391 e. The van der Waals surface area contributed by atoms with Crippen LogP contribution in [0.25, 0.3) is 0 Å². The quantitative estimate of drug-likeness (QED) is 0.909. The summed E-state index contributed by atoms with van der Waals surface area (Å²) in [5.41, 5.74) is 1.55. The van der Waals surface area contributed by atoms with Crippen molar-refractivity contribution >= 4 is 5.91 Å². The van der Waals surface area contributed by atoms with E-state index in [-0.39, 0.29) is 17.8 Å². The van der Waals surface area contributed by atoms with Gasteiger partial charge in [0, 0.05) is 25.4 Å². The molecule has 1 amide bonds. The molecule has 25 heavy (non-hydrogen) atoms. The van der Waals surface area contributed by atoms with Gasteiger partial charge in [-0.05, 0) is 48.9 Å². The van der Waals surface area contributed by atoms with Gasteiger partial charge in [-0.3, -0.25) is 9.78 Å². The minimum Gasteiger partial charge on any atom is -0.391 e. The molecular formula is C20H23FN2O2. The number of benzene rings is 1. The average molecular weight is 342 g/mol. The average Bonchev–Trinajstić information content (AvgIpc) is 2.64. The van der Waals surface area contributed by atoms with Crippen molar-refractivity contribution < 1.29 is 14.3 Å². The molecule has 0 aliphatic carbocycles. The van der Waals surface area contributed by atoms with Crippen molar-refractivity contribution in [2.24, 2.45) is 0 Å². The normalized spacial score (nSPS) is 20.5. The maximum Gasteiger partial charge on any atom is 0.223 e. The third-order valence-electron chi connectivity index (χ3n) is 4.80. The van der Waals surface area contributed by atoms with Crippen LogP contribution in [0.15, 0.2) is 48.8 Å². The zero-order valence-electron chi connectivity index (χ0n) is 14.1. The fourth-order valence-corrected chi connectivity index (χ4v) is 3.42. The number of aliphatic hydroxyl groups is 1. The number of nitrogens with zero attached hydrogens (tertiary/aromatic N) is 2. The first-order valence-electron chi connectivity index (χ1n) is 8.75. The van der Waals surface area contributed by atoms with E-state index in [0.29, 0.717) is 37.8 Å². The van der Waals surface area contributed by atoms with Gasteiger partial charge in [0.25, 0.3) is 0 Å². The summed E-state index contributed by atoms with van der Waals surface area (Å²) in [6.07, 6.45) is 5.59. The van der Waals surface area contributed by atoms with E-state index in [2.05, 4.69) is 4.98 Å². The summed E-state index contributed by atoms with van der Waals surface area (Å²) in [4.78, 5) is 18.5. The second-order valence-corrected chi connectivity index (χ2v) is 6.52. The van der Waals surface area contributed by atoms with Gasteiger partial charge >= 0.3 is 0 Å². The summed E-state index contributed by atoms with van der Waals surface area (Å²) in [6.45, 7) is 0.613. The molecule has 0 saturated carbocycles. The van der Waals surface area contributed by atoms with Crippen LogP contribution in [0.3, 0.4) is 0 Å². The molecule has 0 bridgehead atoms. The van der Waals surface area contributed by atoms with Crippen LogP contribution in [0.5, 0.6) is 0 Å². The summed E-state index contributed by atoms with van der Waals surface area (Å²) in [5.74, 6) is -0.285. The number of hydrogen-bond acceptors (Lipinski definition) is 3. The molecule has 4 nitrogen and oxygen atoms in total. The minimum atomic E-state index is -0.615. The van der Waals surface area contributed by atoms with Gasteiger partial charge in [0.15, 0.2) is 0 Å². The van der Waals surface area contributed by atoms with Crippen molar-refractivity contribution in [1.29, 1.82) is 0 Å². The Balaban J connectivity index is 1.68. The molecule has 1 saturated heterocycles. The van der Waals surface area contributed by atoms with E-state index < -0.39 is 6.10 Å². The van der Waals surface area contributed by atoms with Gasteiger partial charge in [0.05, 0.1) is 12.1 Å². The maximum atomic E-state index is 14.0. The zero-order chi connectivity index (χ0) is 17.6. The maximum absolute atomic E-state index is 14.0. The molecule has 1 aromatic heterocycles. The number of carbonyl (C=O) groups excluding carboxylic acids is 1. The van der Waals surface area contributed by atoms with Crippen molar-refractivity contribution in [3.05, 3.63) is 65.7 Å². The Morgan fingerprint density at radius 3 is 2.88 bits per heavy atom. The molecule has 0 spiro atoms. The SMILES string of the molecule is O=C(CCc1cccnc1)N1CCC[C@H](O)[C@@H]1Cc1ccccc1F. The third kappa shape index (κ3) is 4.42. The number of piperidine rings is 1. The lowest BCUT2D eigenvalue weighted by atomic mass is 9.92. The zero-order valence-corrected chi connectivity index (χ0v) is 14.1. The fraction of sp³-hybridized carbons (Fsp3) is 0.400. The number of aliphatic hydroxyl groups excluding tert-OH is 1. The smallest absolute Gasteiger partial charge is 0.223 e. The molecule has 2 heterocycles. The highest BCUT2D eigenvalue weighted by Crippen LogP contribution is 2.23. The van der Waals surface area contributed by atoms with Crippen LogP contribution in [0.1, 0.15) is 30.4 Å². The number of rotatable bonds is 5. The molecule has 1 aliphatic heterocycles. The Kier molecular flexibility index (Phi) is 5.76. The highest BCUT2D eigenvalue weighted by atomic mass is 19.1. The summed E-state index contributed by atoms with van der Waals surface area (Å²) in [6, 6.07) is 9.99. The van der Waals surface area contributed by atoms with Gasteiger partial charge in [-0.2, -0.15) is 0 Å². The van der Waals surface area contributed by atoms with E-state index in [0.717, 1.165) is 12.0 Å². The second-order valence-electron chi connectivity index (χ2n) is 6.52. The lowest BCUT2D eigenvalue weighted by molar-refractivity contribution is -0.138. The third-order valence-corrected chi connectivity index (χ3v) is 4.80. The van der Waals surface area contributed by atoms with Crippen LogP contribution < -0.4 is 0 Å². The molecule has 0 unspecified atom stereocenters. The van der Waals surface area contributed by atoms with Crippen molar-refractivity contribution in [2.45, 2.75) is 44.2 Å². The summed E-state index contributed by atoms with van der Waals surface area (Å²) in [7, 11) is 0. The number of aryl methyl sites for hydroxylation is 1. The van der Waals surface area contributed by atoms with E-state index >= 15 is 0 Å². The standard InChI is InChI=1S/C20H23FN2O2/c21-17-7-2-1-6-16(17)13-18-19(24)8-4-12-23(18)20(25)10-9-15-5-3-11-22-14-15/h1-3,5-7,11,14,18-19,24H,4,8-10,12-13H2/t18-,19-/m0/s1. The van der Waals surface area contributed by atoms with Crippen LogP contribution >= 0.6 is 0 Å². The monoisotopic (exact) mass is 342 g/mol. The first-order chi connectivity index (χ1) is 12.1. The van der Waals surface area contributed by atoms with Gasteiger partial charge in [0.2, 0.25) is 5.91 Å². The Morgan fingerprint density at radius 2 is 2.12 bits per heavy atom. The summed E-state index contributed by atoms with van der Waals surface area (Å²) in [5, 5.41) is 10.4. The Labute approximate surface area is 147 Å². The Hall–Kier alpha value is -2.27. The van der Waals surface area contributed by atoms with Crippen LogP contribution in [-0.2, 0) is 17.6 Å². The fourth-order valence-electron chi connectivity index (χ4n) is 3.42. The first-order valence-corrected chi connectivity index (χ1v) is 8.75. The highest BCUT2D eigenvalue weighted by Gasteiger charge is 2.33. The molecule has 5 heteroatoms. The molecule has 1 aliphatic rings. The molecule has 2 atom stereocenters. The Morgan fingerprint density at radius 1 is 1.28 bits per heavy atom. The highest BCUT2D eigenvalue weighted by molar-refractivity contribution is 5.77. The van der Waals surface area contributed by atoms with Crippen molar-refractivity contribution in [3.8, 4) is 0 Å². The van der Waals surface area contributed by atoms with Gasteiger partial charge < -0.3 is 10.0 Å². The lowest BCUT2D eigenvalue weighted by Gasteiger charge is -2.39. The van der Waals surface area contributed by atoms with E-state index in [9.17, 15) is 14.3 Å². The second kappa shape index (κ2) is 8.21. The van der Waals surface area contributed by atoms with Crippen LogP contribution in [0.2, 0.25) is 0 Å². The number of carbonyl (C=O) groups is 1. The van der Waals surface area contributed by atoms with Crippen molar-refractivity contribution in [1.82, 2.24) is 9.88 Å². The molecule has 1 fully saturated rings. The van der Waals surface area contributed by atoms with Crippen LogP contribution in [-0.4, -0.2) is 39.6 Å². The number of likely N-dealkylation sites (tertiary alicyclic amines) is 1. The predicted octanol–water partition coefficient (Wildman–Crippen LogP) is 2.75. The van der Waals surface area contributed by atoms with Crippen molar-refractivity contribution in [2.75, 3.05) is 6.54 Å². The molecule has 3 rings (SSSR count). The number of pyridine rings is 1. The van der Waals surface area contributed by atoms with E-state index in [1.54, 1.807) is 35.5 Å². The summed E-state index contributed by atoms with van der Waals surface area (Å²) >= 11 is 0. The minimum absolute atomic E-state index is 0.00365. The molecular weight excluding hydrogens is 319 g/mol. The summed E-state index contributed by atoms with van der Waals surface area (Å²) < 4.78 is 14.0. The lowest BCUT2D eigenvalue weighted by Crippen LogP contribution is -2.52. The first kappa shape index (κ1) is 17.5. The van der Waals surface area contributed by atoms with Gasteiger partial charge in [-0.25, -0.2) is 4.39 Å². The number of amides is 1. The number of halogens is 1. The Bertz CT molecular complexity index is 708. The van der Waals surface area contributed by atoms with Crippen molar-refractivity contribution in [3.63, 3.8) is 0 Å². The van der Waals surface area contributed by atoms with E-state index in [1.807, 2.05) is 12.1 Å². The van der Waals surface area contributed by atoms with Gasteiger partial charge in [-0.15, -0.1) is 0 Å². The molecule has 132 valence electrons. The molecule has 2 aromatic rings. The van der Waals surface area contributed by atoms with Gasteiger partial charge in [0.1, 0.15) is 5.82 Å².